The summed E-state index contributed by atoms with van der Waals surface area (Å²) in [6.07, 6.45) is 1.30. The third kappa shape index (κ3) is 5.90. The van der Waals surface area contributed by atoms with Crippen LogP contribution in [0.3, 0.4) is 0 Å². The van der Waals surface area contributed by atoms with Crippen LogP contribution < -0.4 is 10.6 Å². The van der Waals surface area contributed by atoms with Crippen molar-refractivity contribution in [1.29, 1.82) is 0 Å². The number of rotatable bonds is 6. The van der Waals surface area contributed by atoms with Crippen LogP contribution in [-0.4, -0.2) is 60.8 Å². The number of amides is 2. The van der Waals surface area contributed by atoms with Crippen molar-refractivity contribution in [2.24, 2.45) is 0 Å². The Hall–Kier alpha value is -1.18. The first-order chi connectivity index (χ1) is 10.5. The molecule has 0 spiro atoms. The van der Waals surface area contributed by atoms with Crippen molar-refractivity contribution in [3.05, 3.63) is 16.1 Å². The van der Waals surface area contributed by atoms with Crippen LogP contribution in [0.1, 0.15) is 24.5 Å². The van der Waals surface area contributed by atoms with E-state index in [0.717, 1.165) is 36.8 Å². The summed E-state index contributed by atoms with van der Waals surface area (Å²) in [7, 11) is 0. The van der Waals surface area contributed by atoms with Crippen LogP contribution in [0.25, 0.3) is 0 Å². The number of carbonyl (C=O) groups is 1. The molecule has 1 aliphatic heterocycles. The van der Waals surface area contributed by atoms with Crippen molar-refractivity contribution in [2.45, 2.75) is 39.4 Å². The van der Waals surface area contributed by atoms with E-state index in [-0.39, 0.29) is 18.2 Å². The van der Waals surface area contributed by atoms with Gasteiger partial charge in [-0.1, -0.05) is 0 Å². The predicted octanol–water partition coefficient (Wildman–Crippen LogP) is 1.40. The summed E-state index contributed by atoms with van der Waals surface area (Å²) in [4.78, 5) is 18.4. The number of aryl methyl sites for hydroxylation is 1. The lowest BCUT2D eigenvalue weighted by Gasteiger charge is -2.35. The van der Waals surface area contributed by atoms with Crippen molar-refractivity contribution in [3.8, 4) is 0 Å². The molecule has 2 heterocycles. The maximum atomic E-state index is 11.7. The summed E-state index contributed by atoms with van der Waals surface area (Å²) in [5, 5.41) is 8.87. The van der Waals surface area contributed by atoms with E-state index in [1.54, 1.807) is 11.3 Å². The number of aromatic nitrogens is 1. The van der Waals surface area contributed by atoms with Crippen LogP contribution in [0, 0.1) is 6.92 Å². The average Bonchev–Trinajstić information content (AvgIpc) is 2.83. The van der Waals surface area contributed by atoms with Gasteiger partial charge in [-0.2, -0.15) is 0 Å². The molecule has 22 heavy (non-hydrogen) atoms. The highest BCUT2D eigenvalue weighted by Gasteiger charge is 2.21. The van der Waals surface area contributed by atoms with Crippen LogP contribution in [-0.2, 0) is 11.2 Å². The van der Waals surface area contributed by atoms with Gasteiger partial charge in [0.15, 0.2) is 0 Å². The molecular weight excluding hydrogens is 300 g/mol. The number of hydrogen-bond donors (Lipinski definition) is 2. The molecule has 1 aliphatic rings. The van der Waals surface area contributed by atoms with Gasteiger partial charge >= 0.3 is 6.03 Å². The maximum Gasteiger partial charge on any atom is 0.314 e. The molecule has 2 atom stereocenters. The minimum atomic E-state index is -0.110. The normalized spacial score (nSPS) is 22.5. The Morgan fingerprint density at radius 2 is 2.05 bits per heavy atom. The smallest absolute Gasteiger partial charge is 0.314 e. The van der Waals surface area contributed by atoms with E-state index in [1.807, 2.05) is 12.3 Å². The minimum absolute atomic E-state index is 0.110. The van der Waals surface area contributed by atoms with Crippen molar-refractivity contribution < 1.29 is 9.53 Å². The van der Waals surface area contributed by atoms with Gasteiger partial charge in [0, 0.05) is 44.5 Å². The summed E-state index contributed by atoms with van der Waals surface area (Å²) in [6, 6.07) is -0.110. The van der Waals surface area contributed by atoms with E-state index in [4.69, 9.17) is 4.74 Å². The van der Waals surface area contributed by atoms with Gasteiger partial charge in [0.25, 0.3) is 0 Å². The molecule has 2 rings (SSSR count). The van der Waals surface area contributed by atoms with Gasteiger partial charge < -0.3 is 15.4 Å². The summed E-state index contributed by atoms with van der Waals surface area (Å²) in [5.74, 6) is 0. The SMILES string of the molecule is Cc1nc(CCNC(=O)NCCN2CC(C)OC(C)C2)cs1. The van der Waals surface area contributed by atoms with E-state index in [0.29, 0.717) is 13.1 Å². The second-order valence-corrected chi connectivity index (χ2v) is 6.87. The summed E-state index contributed by atoms with van der Waals surface area (Å²) in [5.41, 5.74) is 1.04. The zero-order chi connectivity index (χ0) is 15.9. The summed E-state index contributed by atoms with van der Waals surface area (Å²) >= 11 is 1.64. The first-order valence-corrected chi connectivity index (χ1v) is 8.71. The first kappa shape index (κ1) is 17.2. The van der Waals surface area contributed by atoms with E-state index >= 15 is 0 Å². The predicted molar refractivity (Wildman–Crippen MR) is 88.4 cm³/mol. The van der Waals surface area contributed by atoms with E-state index in [1.165, 1.54) is 0 Å². The van der Waals surface area contributed by atoms with Crippen LogP contribution in [0.5, 0.6) is 0 Å². The topological polar surface area (TPSA) is 66.5 Å². The van der Waals surface area contributed by atoms with Crippen molar-refractivity contribution in [2.75, 3.05) is 32.7 Å². The summed E-state index contributed by atoms with van der Waals surface area (Å²) < 4.78 is 5.69. The molecule has 2 unspecified atom stereocenters. The molecule has 1 saturated heterocycles. The fraction of sp³-hybridized carbons (Fsp3) is 0.733. The lowest BCUT2D eigenvalue weighted by Crippen LogP contribution is -2.48. The number of morpholine rings is 1. The molecule has 0 saturated carbocycles. The molecule has 1 aromatic heterocycles. The van der Waals surface area contributed by atoms with Crippen molar-refractivity contribution >= 4 is 17.4 Å². The van der Waals surface area contributed by atoms with Crippen LogP contribution in [0.15, 0.2) is 5.38 Å². The molecule has 6 nitrogen and oxygen atoms in total. The van der Waals surface area contributed by atoms with Gasteiger partial charge in [0.1, 0.15) is 0 Å². The highest BCUT2D eigenvalue weighted by atomic mass is 32.1. The van der Waals surface area contributed by atoms with Gasteiger partial charge in [-0.25, -0.2) is 9.78 Å². The Kier molecular flexibility index (Phi) is 6.60. The fourth-order valence-corrected chi connectivity index (χ4v) is 3.33. The molecule has 0 radical (unpaired) electrons. The van der Waals surface area contributed by atoms with Gasteiger partial charge in [-0.15, -0.1) is 11.3 Å². The molecule has 124 valence electrons. The first-order valence-electron chi connectivity index (χ1n) is 7.83. The molecule has 2 N–H and O–H groups in total. The molecule has 1 fully saturated rings. The molecule has 2 amide bonds. The second-order valence-electron chi connectivity index (χ2n) is 5.81. The number of nitrogens with one attached hydrogen (secondary N) is 2. The van der Waals surface area contributed by atoms with E-state index < -0.39 is 0 Å². The Bertz CT molecular complexity index is 470. The third-order valence-electron chi connectivity index (χ3n) is 3.54. The third-order valence-corrected chi connectivity index (χ3v) is 4.36. The lowest BCUT2D eigenvalue weighted by molar-refractivity contribution is -0.0672. The van der Waals surface area contributed by atoms with Gasteiger partial charge in [0.05, 0.1) is 22.9 Å². The Morgan fingerprint density at radius 3 is 2.68 bits per heavy atom. The fourth-order valence-electron chi connectivity index (χ4n) is 2.68. The number of nitrogens with zero attached hydrogens (tertiary/aromatic N) is 2. The highest BCUT2D eigenvalue weighted by Crippen LogP contribution is 2.09. The van der Waals surface area contributed by atoms with Gasteiger partial charge in [-0.3, -0.25) is 4.90 Å². The maximum absolute atomic E-state index is 11.7. The Morgan fingerprint density at radius 1 is 1.36 bits per heavy atom. The van der Waals surface area contributed by atoms with Crippen LogP contribution >= 0.6 is 11.3 Å². The zero-order valence-electron chi connectivity index (χ0n) is 13.6. The van der Waals surface area contributed by atoms with Crippen LogP contribution in [0.4, 0.5) is 4.79 Å². The van der Waals surface area contributed by atoms with E-state index in [2.05, 4.69) is 34.4 Å². The standard InChI is InChI=1S/C15H26N4O2S/c1-11-8-19(9-12(2)21-11)7-6-17-15(20)16-5-4-14-10-22-13(3)18-14/h10-12H,4-9H2,1-3H3,(H2,16,17,20). The highest BCUT2D eigenvalue weighted by molar-refractivity contribution is 7.09. The average molecular weight is 326 g/mol. The minimum Gasteiger partial charge on any atom is -0.373 e. The molecule has 0 aromatic carbocycles. The van der Waals surface area contributed by atoms with Crippen molar-refractivity contribution in [3.63, 3.8) is 0 Å². The molecule has 0 bridgehead atoms. The van der Waals surface area contributed by atoms with Gasteiger partial charge in [0.2, 0.25) is 0 Å². The molecule has 1 aromatic rings. The zero-order valence-corrected chi connectivity index (χ0v) is 14.4. The Balaban J connectivity index is 1.55. The number of carbonyl (C=O) groups excluding carboxylic acids is 1. The Labute approximate surface area is 136 Å². The van der Waals surface area contributed by atoms with Gasteiger partial charge in [-0.05, 0) is 20.8 Å². The largest absolute Gasteiger partial charge is 0.373 e. The molecule has 7 heteroatoms. The van der Waals surface area contributed by atoms with Crippen molar-refractivity contribution in [1.82, 2.24) is 20.5 Å². The number of ether oxygens (including phenoxy) is 1. The monoisotopic (exact) mass is 326 g/mol. The number of hydrogen-bond acceptors (Lipinski definition) is 5. The molecule has 0 aliphatic carbocycles. The summed E-state index contributed by atoms with van der Waals surface area (Å²) in [6.45, 7) is 10.1. The van der Waals surface area contributed by atoms with E-state index in [9.17, 15) is 4.79 Å². The number of thiazole rings is 1. The quantitative estimate of drug-likeness (QED) is 0.829. The molecular formula is C15H26N4O2S. The van der Waals surface area contributed by atoms with Crippen LogP contribution in [0.2, 0.25) is 0 Å². The lowest BCUT2D eigenvalue weighted by atomic mass is 10.2. The number of urea groups is 1. The second kappa shape index (κ2) is 8.45.